The lowest BCUT2D eigenvalue weighted by Crippen LogP contribution is -2.23. The van der Waals surface area contributed by atoms with Crippen LogP contribution in [0.5, 0.6) is 0 Å². The van der Waals surface area contributed by atoms with Crippen LogP contribution in [0, 0.1) is 0 Å². The van der Waals surface area contributed by atoms with Gasteiger partial charge in [0.25, 0.3) is 0 Å². The summed E-state index contributed by atoms with van der Waals surface area (Å²) >= 11 is 0. The number of carbonyl (C=O) groups is 2. The monoisotopic (exact) mass is 303 g/mol. The fourth-order valence-corrected chi connectivity index (χ4v) is 2.38. The quantitative estimate of drug-likeness (QED) is 0.764. The van der Waals surface area contributed by atoms with Gasteiger partial charge in [0, 0.05) is 49.2 Å². The Morgan fingerprint density at radius 2 is 2.05 bits per heavy atom. The van der Waals surface area contributed by atoms with Crippen molar-refractivity contribution in [2.24, 2.45) is 0 Å². The second-order valence-corrected chi connectivity index (χ2v) is 5.43. The van der Waals surface area contributed by atoms with Crippen LogP contribution >= 0.6 is 0 Å². The molecule has 0 radical (unpaired) electrons. The lowest BCUT2D eigenvalue weighted by molar-refractivity contribution is -0.121. The van der Waals surface area contributed by atoms with Crippen molar-refractivity contribution in [1.29, 1.82) is 0 Å². The molecule has 0 aliphatic rings. The van der Waals surface area contributed by atoms with Crippen LogP contribution in [0.15, 0.2) is 18.2 Å². The molecule has 3 N–H and O–H groups in total. The summed E-state index contributed by atoms with van der Waals surface area (Å²) in [6, 6.07) is 5.71. The first-order valence-electron chi connectivity index (χ1n) is 7.26. The third-order valence-corrected chi connectivity index (χ3v) is 3.56. The summed E-state index contributed by atoms with van der Waals surface area (Å²) in [4.78, 5) is 27.9. The van der Waals surface area contributed by atoms with Gasteiger partial charge in [0.2, 0.25) is 5.91 Å². The van der Waals surface area contributed by atoms with Gasteiger partial charge in [-0.2, -0.15) is 0 Å². The number of hydrogen-bond acceptors (Lipinski definition) is 3. The lowest BCUT2D eigenvalue weighted by atomic mass is 10.1. The number of nitrogens with one attached hydrogen (secondary N) is 2. The van der Waals surface area contributed by atoms with E-state index in [9.17, 15) is 14.7 Å². The number of amides is 1. The molecule has 1 amide bonds. The second kappa shape index (κ2) is 6.51. The Balaban J connectivity index is 2.43. The second-order valence-electron chi connectivity index (χ2n) is 5.43. The first-order chi connectivity index (χ1) is 10.4. The number of H-pyrrole nitrogens is 1. The topological polar surface area (TPSA) is 85.4 Å². The van der Waals surface area contributed by atoms with E-state index in [0.717, 1.165) is 23.0 Å². The molecule has 22 heavy (non-hydrogen) atoms. The smallest absolute Gasteiger partial charge is 0.352 e. The van der Waals surface area contributed by atoms with Crippen molar-refractivity contribution < 1.29 is 14.7 Å². The normalized spacial score (nSPS) is 10.7. The Morgan fingerprint density at radius 1 is 1.32 bits per heavy atom. The first kappa shape index (κ1) is 15.9. The number of benzene rings is 1. The van der Waals surface area contributed by atoms with Crippen LogP contribution < -0.4 is 10.2 Å². The molecule has 1 aromatic heterocycles. The zero-order valence-electron chi connectivity index (χ0n) is 13.1. The molecular formula is C16H21N3O3. The van der Waals surface area contributed by atoms with E-state index < -0.39 is 5.97 Å². The maximum Gasteiger partial charge on any atom is 0.352 e. The minimum atomic E-state index is -1.03. The third kappa shape index (κ3) is 3.21. The number of fused-ring (bicyclic) bond motifs is 1. The summed E-state index contributed by atoms with van der Waals surface area (Å²) in [6.07, 6.45) is 1.20. The molecule has 0 spiro atoms. The van der Waals surface area contributed by atoms with Crippen molar-refractivity contribution in [2.75, 3.05) is 19.0 Å². The number of rotatable bonds is 6. The summed E-state index contributed by atoms with van der Waals surface area (Å²) < 4.78 is 0. The number of aromatic nitrogens is 1. The number of aromatic amines is 1. The number of carboxylic acids is 1. The fourth-order valence-electron chi connectivity index (χ4n) is 2.38. The van der Waals surface area contributed by atoms with Gasteiger partial charge in [-0.3, -0.25) is 4.79 Å². The molecule has 0 unspecified atom stereocenters. The number of carboxylic acid groups (broad SMARTS) is 1. The third-order valence-electron chi connectivity index (χ3n) is 3.56. The first-order valence-corrected chi connectivity index (χ1v) is 7.26. The summed E-state index contributed by atoms with van der Waals surface area (Å²) in [7, 11) is 3.85. The van der Waals surface area contributed by atoms with Crippen LogP contribution in [0.25, 0.3) is 10.9 Å². The van der Waals surface area contributed by atoms with E-state index in [1.807, 2.05) is 44.1 Å². The van der Waals surface area contributed by atoms with E-state index in [2.05, 4.69) is 10.3 Å². The highest BCUT2D eigenvalue weighted by Gasteiger charge is 2.18. The minimum absolute atomic E-state index is 0.0723. The Labute approximate surface area is 129 Å². The van der Waals surface area contributed by atoms with E-state index in [1.165, 1.54) is 0 Å². The molecule has 0 bridgehead atoms. The SMILES string of the molecule is CCCC(=O)NCc1c(C(=O)O)[nH]c2ccc(N(C)C)cc12. The predicted octanol–water partition coefficient (Wildman–Crippen LogP) is 2.35. The number of aromatic carboxylic acids is 1. The van der Waals surface area contributed by atoms with E-state index in [4.69, 9.17) is 0 Å². The van der Waals surface area contributed by atoms with E-state index >= 15 is 0 Å². The van der Waals surface area contributed by atoms with Crippen LogP contribution in [-0.4, -0.2) is 36.1 Å². The average molecular weight is 303 g/mol. The van der Waals surface area contributed by atoms with Crippen LogP contribution in [-0.2, 0) is 11.3 Å². The van der Waals surface area contributed by atoms with Gasteiger partial charge in [0.15, 0.2) is 0 Å². The summed E-state index contributed by atoms with van der Waals surface area (Å²) in [5.74, 6) is -1.10. The van der Waals surface area contributed by atoms with Crippen molar-refractivity contribution in [2.45, 2.75) is 26.3 Å². The van der Waals surface area contributed by atoms with Gasteiger partial charge in [0.1, 0.15) is 5.69 Å². The van der Waals surface area contributed by atoms with Crippen LogP contribution in [0.4, 0.5) is 5.69 Å². The van der Waals surface area contributed by atoms with Gasteiger partial charge in [-0.1, -0.05) is 6.92 Å². The van der Waals surface area contributed by atoms with Crippen molar-refractivity contribution in [1.82, 2.24) is 10.3 Å². The van der Waals surface area contributed by atoms with Gasteiger partial charge >= 0.3 is 5.97 Å². The molecular weight excluding hydrogens is 282 g/mol. The molecule has 0 aliphatic carbocycles. The molecule has 0 fully saturated rings. The maximum atomic E-state index is 11.7. The zero-order valence-corrected chi connectivity index (χ0v) is 13.1. The van der Waals surface area contributed by atoms with Gasteiger partial charge < -0.3 is 20.3 Å². The average Bonchev–Trinajstić information content (AvgIpc) is 2.83. The Kier molecular flexibility index (Phi) is 4.70. The summed E-state index contributed by atoms with van der Waals surface area (Å²) in [5.41, 5.74) is 2.46. The molecule has 0 atom stereocenters. The standard InChI is InChI=1S/C16H21N3O3/c1-4-5-14(20)17-9-12-11-8-10(19(2)3)6-7-13(11)18-15(12)16(21)22/h6-8,18H,4-5,9H2,1-3H3,(H,17,20)(H,21,22). The van der Waals surface area contributed by atoms with E-state index in [1.54, 1.807) is 0 Å². The molecule has 2 aromatic rings. The Bertz CT molecular complexity index is 704. The summed E-state index contributed by atoms with van der Waals surface area (Å²) in [5, 5.41) is 13.0. The van der Waals surface area contributed by atoms with Gasteiger partial charge in [-0.05, 0) is 24.6 Å². The number of hydrogen-bond donors (Lipinski definition) is 3. The highest BCUT2D eigenvalue weighted by Crippen LogP contribution is 2.27. The van der Waals surface area contributed by atoms with Gasteiger partial charge in [-0.25, -0.2) is 4.79 Å². The molecule has 1 heterocycles. The van der Waals surface area contributed by atoms with Crippen LogP contribution in [0.2, 0.25) is 0 Å². The largest absolute Gasteiger partial charge is 0.477 e. The number of anilines is 1. The fraction of sp³-hybridized carbons (Fsp3) is 0.375. The van der Waals surface area contributed by atoms with Crippen LogP contribution in [0.3, 0.4) is 0 Å². The van der Waals surface area contributed by atoms with Crippen molar-refractivity contribution >= 4 is 28.5 Å². The van der Waals surface area contributed by atoms with E-state index in [-0.39, 0.29) is 18.1 Å². The highest BCUT2D eigenvalue weighted by atomic mass is 16.4. The van der Waals surface area contributed by atoms with Crippen molar-refractivity contribution in [3.63, 3.8) is 0 Å². The minimum Gasteiger partial charge on any atom is -0.477 e. The molecule has 2 rings (SSSR count). The molecule has 0 saturated carbocycles. The Morgan fingerprint density at radius 3 is 2.64 bits per heavy atom. The number of carbonyl (C=O) groups excluding carboxylic acids is 1. The molecule has 118 valence electrons. The predicted molar refractivity (Wildman–Crippen MR) is 86.3 cm³/mol. The molecule has 6 nitrogen and oxygen atoms in total. The molecule has 1 aromatic carbocycles. The maximum absolute atomic E-state index is 11.7. The molecule has 0 aliphatic heterocycles. The summed E-state index contributed by atoms with van der Waals surface area (Å²) in [6.45, 7) is 2.13. The zero-order chi connectivity index (χ0) is 16.3. The molecule has 0 saturated heterocycles. The Hall–Kier alpha value is -2.50. The van der Waals surface area contributed by atoms with Crippen molar-refractivity contribution in [3.8, 4) is 0 Å². The van der Waals surface area contributed by atoms with E-state index in [0.29, 0.717) is 12.0 Å². The lowest BCUT2D eigenvalue weighted by Gasteiger charge is -2.12. The van der Waals surface area contributed by atoms with Crippen molar-refractivity contribution in [3.05, 3.63) is 29.5 Å². The highest BCUT2D eigenvalue weighted by molar-refractivity contribution is 5.98. The van der Waals surface area contributed by atoms with Gasteiger partial charge in [-0.15, -0.1) is 0 Å². The van der Waals surface area contributed by atoms with Crippen LogP contribution in [0.1, 0.15) is 35.8 Å². The number of nitrogens with zero attached hydrogens (tertiary/aromatic N) is 1. The molecule has 6 heteroatoms. The van der Waals surface area contributed by atoms with Gasteiger partial charge in [0.05, 0.1) is 0 Å².